The van der Waals surface area contributed by atoms with Crippen molar-refractivity contribution < 1.29 is 18.7 Å². The van der Waals surface area contributed by atoms with E-state index in [-0.39, 0.29) is 17.8 Å². The highest BCUT2D eigenvalue weighted by molar-refractivity contribution is 7.29. The fourth-order valence-corrected chi connectivity index (χ4v) is 6.77. The van der Waals surface area contributed by atoms with Crippen molar-refractivity contribution in [2.75, 3.05) is 54.5 Å². The van der Waals surface area contributed by atoms with Crippen molar-refractivity contribution in [3.05, 3.63) is 65.3 Å². The maximum atomic E-state index is 13.1. The summed E-state index contributed by atoms with van der Waals surface area (Å²) < 4.78 is 25.6. The highest BCUT2D eigenvalue weighted by Crippen LogP contribution is 2.35. The van der Waals surface area contributed by atoms with E-state index in [9.17, 15) is 9.18 Å². The number of hydrogen-bond acceptors (Lipinski definition) is 8. The summed E-state index contributed by atoms with van der Waals surface area (Å²) in [5.41, 5.74) is 1.89. The molecule has 4 aromatic rings. The molecule has 2 aliphatic rings. The van der Waals surface area contributed by atoms with E-state index in [1.54, 1.807) is 23.5 Å². The maximum absolute atomic E-state index is 13.1. The molecule has 0 radical (unpaired) electrons. The Morgan fingerprint density at radius 2 is 1.70 bits per heavy atom. The van der Waals surface area contributed by atoms with E-state index in [1.807, 2.05) is 30.3 Å². The molecular weight excluding hydrogens is 511 g/mol. The standard InChI is InChI=1S/C27H27FN4O3S2/c28-18-1-7-21(8-2-18)35-22-9-11-31(12-10-22)20-5-3-19(4-6-20)29-25(33)23-17-24-26(36-23)30-27(37-24)32-13-15-34-16-14-32/h1-8,17,22H,9-16H2,(H,29,33). The van der Waals surface area contributed by atoms with Gasteiger partial charge in [0, 0.05) is 50.4 Å². The topological polar surface area (TPSA) is 66.9 Å². The van der Waals surface area contributed by atoms with Gasteiger partial charge in [-0.3, -0.25) is 4.79 Å². The van der Waals surface area contributed by atoms with Gasteiger partial charge in [0.2, 0.25) is 0 Å². The Bertz CT molecular complexity index is 1330. The predicted octanol–water partition coefficient (Wildman–Crippen LogP) is 5.63. The number of aromatic nitrogens is 1. The first-order chi connectivity index (χ1) is 18.1. The molecule has 2 saturated heterocycles. The van der Waals surface area contributed by atoms with E-state index < -0.39 is 0 Å². The second-order valence-corrected chi connectivity index (χ2v) is 11.2. The van der Waals surface area contributed by atoms with Gasteiger partial charge in [-0.2, -0.15) is 0 Å². The summed E-state index contributed by atoms with van der Waals surface area (Å²) in [6.45, 7) is 4.91. The first-order valence-electron chi connectivity index (χ1n) is 12.4. The Hall–Kier alpha value is -3.21. The first kappa shape index (κ1) is 24.1. The maximum Gasteiger partial charge on any atom is 0.265 e. The molecule has 0 spiro atoms. The van der Waals surface area contributed by atoms with Crippen LogP contribution in [0.1, 0.15) is 22.5 Å². The zero-order valence-corrected chi connectivity index (χ0v) is 21.8. The SMILES string of the molecule is O=C(Nc1ccc(N2CCC(Oc3ccc(F)cc3)CC2)cc1)c1cc2sc(N3CCOCC3)nc2s1. The summed E-state index contributed by atoms with van der Waals surface area (Å²) in [7, 11) is 0. The third kappa shape index (κ3) is 5.56. The lowest BCUT2D eigenvalue weighted by atomic mass is 10.1. The lowest BCUT2D eigenvalue weighted by molar-refractivity contribution is 0.103. The molecule has 192 valence electrons. The number of morpholine rings is 1. The molecule has 37 heavy (non-hydrogen) atoms. The van der Waals surface area contributed by atoms with Gasteiger partial charge in [-0.15, -0.1) is 11.3 Å². The molecule has 0 atom stereocenters. The molecule has 1 N–H and O–H groups in total. The number of thiophene rings is 1. The van der Waals surface area contributed by atoms with Crippen LogP contribution in [-0.2, 0) is 4.74 Å². The Kier molecular flexibility index (Phi) is 6.95. The molecule has 0 bridgehead atoms. The number of anilines is 3. The van der Waals surface area contributed by atoms with Crippen LogP contribution in [0.15, 0.2) is 54.6 Å². The van der Waals surface area contributed by atoms with Crippen LogP contribution in [0.3, 0.4) is 0 Å². The number of hydrogen-bond donors (Lipinski definition) is 1. The molecule has 2 fully saturated rings. The summed E-state index contributed by atoms with van der Waals surface area (Å²) in [5, 5.41) is 4.01. The van der Waals surface area contributed by atoms with Crippen LogP contribution < -0.4 is 19.9 Å². The van der Waals surface area contributed by atoms with E-state index >= 15 is 0 Å². The number of fused-ring (bicyclic) bond motifs is 1. The number of nitrogens with one attached hydrogen (secondary N) is 1. The average Bonchev–Trinajstić information content (AvgIpc) is 3.52. The van der Waals surface area contributed by atoms with Gasteiger partial charge in [0.25, 0.3) is 5.91 Å². The minimum Gasteiger partial charge on any atom is -0.490 e. The van der Waals surface area contributed by atoms with E-state index in [2.05, 4.69) is 15.1 Å². The van der Waals surface area contributed by atoms with Crippen LogP contribution in [0.2, 0.25) is 0 Å². The van der Waals surface area contributed by atoms with E-state index in [1.165, 1.54) is 23.5 Å². The molecule has 0 aliphatic carbocycles. The number of benzene rings is 2. The van der Waals surface area contributed by atoms with Gasteiger partial charge in [-0.25, -0.2) is 9.37 Å². The van der Waals surface area contributed by atoms with Gasteiger partial charge in [0.1, 0.15) is 22.5 Å². The number of rotatable bonds is 6. The van der Waals surface area contributed by atoms with Gasteiger partial charge in [0.05, 0.1) is 22.8 Å². The van der Waals surface area contributed by atoms with Crippen LogP contribution in [0.4, 0.5) is 20.9 Å². The molecule has 1 amide bonds. The van der Waals surface area contributed by atoms with Gasteiger partial charge in [-0.05, 0) is 54.6 Å². The second-order valence-electron chi connectivity index (χ2n) is 9.14. The van der Waals surface area contributed by atoms with Gasteiger partial charge < -0.3 is 24.6 Å². The molecule has 6 rings (SSSR count). The Morgan fingerprint density at radius 3 is 2.41 bits per heavy atom. The molecule has 2 aromatic heterocycles. The van der Waals surface area contributed by atoms with Crippen LogP contribution in [0.5, 0.6) is 5.75 Å². The van der Waals surface area contributed by atoms with Gasteiger partial charge >= 0.3 is 0 Å². The normalized spacial score (nSPS) is 16.8. The number of thiazole rings is 1. The van der Waals surface area contributed by atoms with Crippen molar-refractivity contribution in [2.45, 2.75) is 18.9 Å². The third-order valence-corrected chi connectivity index (χ3v) is 8.85. The fourth-order valence-electron chi connectivity index (χ4n) is 4.61. The minimum absolute atomic E-state index is 0.116. The zero-order chi connectivity index (χ0) is 25.2. The van der Waals surface area contributed by atoms with E-state index in [0.29, 0.717) is 10.6 Å². The lowest BCUT2D eigenvalue weighted by Crippen LogP contribution is -2.38. The molecular formula is C27H27FN4O3S2. The fraction of sp³-hybridized carbons (Fsp3) is 0.333. The summed E-state index contributed by atoms with van der Waals surface area (Å²) in [6, 6.07) is 16.1. The number of ether oxygens (including phenoxy) is 2. The molecule has 2 aliphatic heterocycles. The Labute approximate surface area is 222 Å². The largest absolute Gasteiger partial charge is 0.490 e. The quantitative estimate of drug-likeness (QED) is 0.343. The van der Waals surface area contributed by atoms with Crippen molar-refractivity contribution >= 4 is 54.6 Å². The molecule has 0 unspecified atom stereocenters. The second kappa shape index (κ2) is 10.6. The predicted molar refractivity (Wildman–Crippen MR) is 147 cm³/mol. The zero-order valence-electron chi connectivity index (χ0n) is 20.2. The van der Waals surface area contributed by atoms with E-state index in [0.717, 1.165) is 78.3 Å². The van der Waals surface area contributed by atoms with Crippen LogP contribution in [0.25, 0.3) is 9.53 Å². The van der Waals surface area contributed by atoms with E-state index in [4.69, 9.17) is 14.5 Å². The number of carbonyl (C=O) groups is 1. The number of halogens is 1. The van der Waals surface area contributed by atoms with Crippen molar-refractivity contribution in [1.82, 2.24) is 4.98 Å². The highest BCUT2D eigenvalue weighted by Gasteiger charge is 2.22. The molecule has 4 heterocycles. The molecule has 10 heteroatoms. The molecule has 0 saturated carbocycles. The van der Waals surface area contributed by atoms with Crippen molar-refractivity contribution in [3.8, 4) is 5.75 Å². The van der Waals surface area contributed by atoms with Crippen LogP contribution in [-0.4, -0.2) is 56.4 Å². The minimum atomic E-state index is -0.257. The lowest BCUT2D eigenvalue weighted by Gasteiger charge is -2.33. The molecule has 2 aromatic carbocycles. The van der Waals surface area contributed by atoms with Gasteiger partial charge in [0.15, 0.2) is 5.13 Å². The monoisotopic (exact) mass is 538 g/mol. The van der Waals surface area contributed by atoms with Crippen molar-refractivity contribution in [1.29, 1.82) is 0 Å². The average molecular weight is 539 g/mol. The Morgan fingerprint density at radius 1 is 0.973 bits per heavy atom. The number of carbonyl (C=O) groups excluding carboxylic acids is 1. The highest BCUT2D eigenvalue weighted by atomic mass is 32.1. The number of piperidine rings is 1. The summed E-state index contributed by atoms with van der Waals surface area (Å²) in [4.78, 5) is 23.7. The van der Waals surface area contributed by atoms with Gasteiger partial charge in [-0.1, -0.05) is 11.3 Å². The van der Waals surface area contributed by atoms with Crippen molar-refractivity contribution in [2.24, 2.45) is 0 Å². The Balaban J connectivity index is 1.02. The summed E-state index contributed by atoms with van der Waals surface area (Å²) in [5.74, 6) is 0.334. The summed E-state index contributed by atoms with van der Waals surface area (Å²) >= 11 is 3.05. The number of amides is 1. The van der Waals surface area contributed by atoms with Crippen LogP contribution >= 0.6 is 22.7 Å². The molecule has 7 nitrogen and oxygen atoms in total. The smallest absolute Gasteiger partial charge is 0.265 e. The number of nitrogens with zero attached hydrogens (tertiary/aromatic N) is 3. The third-order valence-electron chi connectivity index (χ3n) is 6.63. The summed E-state index contributed by atoms with van der Waals surface area (Å²) in [6.07, 6.45) is 1.92. The first-order valence-corrected chi connectivity index (χ1v) is 14.1. The van der Waals surface area contributed by atoms with Crippen molar-refractivity contribution in [3.63, 3.8) is 0 Å². The van der Waals surface area contributed by atoms with Crippen LogP contribution in [0, 0.1) is 5.82 Å².